The maximum Gasteiger partial charge on any atom is 0.138 e. The van der Waals surface area contributed by atoms with Gasteiger partial charge < -0.3 is 10.2 Å². The fourth-order valence-corrected chi connectivity index (χ4v) is 2.45. The quantitative estimate of drug-likeness (QED) is 0.942. The van der Waals surface area contributed by atoms with Crippen molar-refractivity contribution in [2.24, 2.45) is 4.99 Å². The van der Waals surface area contributed by atoms with E-state index in [0.29, 0.717) is 6.04 Å². The predicted molar refractivity (Wildman–Crippen MR) is 91.3 cm³/mol. The van der Waals surface area contributed by atoms with Crippen molar-refractivity contribution < 1.29 is 0 Å². The smallest absolute Gasteiger partial charge is 0.138 e. The summed E-state index contributed by atoms with van der Waals surface area (Å²) in [5.74, 6) is 0.917. The van der Waals surface area contributed by atoms with Crippen molar-refractivity contribution in [3.63, 3.8) is 0 Å². The van der Waals surface area contributed by atoms with Crippen molar-refractivity contribution in [3.05, 3.63) is 54.8 Å². The van der Waals surface area contributed by atoms with Gasteiger partial charge >= 0.3 is 0 Å². The van der Waals surface area contributed by atoms with Gasteiger partial charge in [0, 0.05) is 12.2 Å². The van der Waals surface area contributed by atoms with E-state index in [-0.39, 0.29) is 6.04 Å². The Morgan fingerprint density at radius 2 is 2.13 bits per heavy atom. The van der Waals surface area contributed by atoms with Gasteiger partial charge in [-0.1, -0.05) is 12.1 Å². The lowest BCUT2D eigenvalue weighted by atomic mass is 10.1. The summed E-state index contributed by atoms with van der Waals surface area (Å²) in [5, 5.41) is 7.52. The molecule has 0 fully saturated rings. The number of benzene rings is 1. The number of hydrogen-bond acceptors (Lipinski definition) is 4. The van der Waals surface area contributed by atoms with Gasteiger partial charge in [-0.25, -0.2) is 9.67 Å². The molecule has 1 aromatic carbocycles. The molecule has 120 valence electrons. The number of rotatable bonds is 4. The number of nitrogens with zero attached hydrogens (tertiary/aromatic N) is 5. The van der Waals surface area contributed by atoms with Gasteiger partial charge in [-0.2, -0.15) is 5.10 Å². The third kappa shape index (κ3) is 3.59. The first-order chi connectivity index (χ1) is 11.1. The average Bonchev–Trinajstić information content (AvgIpc) is 3.10. The Morgan fingerprint density at radius 1 is 1.26 bits per heavy atom. The van der Waals surface area contributed by atoms with Crippen LogP contribution in [0.1, 0.15) is 32.4 Å². The fourth-order valence-electron chi connectivity index (χ4n) is 2.45. The third-order valence-electron chi connectivity index (χ3n) is 3.90. The zero-order chi connectivity index (χ0) is 16.2. The molecule has 0 saturated carbocycles. The Morgan fingerprint density at radius 3 is 2.78 bits per heavy atom. The Balaban J connectivity index is 1.76. The minimum atomic E-state index is 0.0659. The van der Waals surface area contributed by atoms with Crippen molar-refractivity contribution >= 4 is 5.84 Å². The molecular weight excluding hydrogens is 288 g/mol. The van der Waals surface area contributed by atoms with Gasteiger partial charge in [0.2, 0.25) is 0 Å². The molecule has 1 aliphatic heterocycles. The summed E-state index contributed by atoms with van der Waals surface area (Å²) in [6.07, 6.45) is 7.36. The number of aromatic nitrogens is 3. The minimum absolute atomic E-state index is 0.0659. The van der Waals surface area contributed by atoms with Gasteiger partial charge in [0.15, 0.2) is 0 Å². The Labute approximate surface area is 136 Å². The zero-order valence-corrected chi connectivity index (χ0v) is 13.7. The van der Waals surface area contributed by atoms with E-state index >= 15 is 0 Å². The van der Waals surface area contributed by atoms with E-state index in [1.54, 1.807) is 11.0 Å². The van der Waals surface area contributed by atoms with E-state index in [2.05, 4.69) is 59.4 Å². The highest BCUT2D eigenvalue weighted by molar-refractivity contribution is 5.93. The molecule has 1 atom stereocenters. The van der Waals surface area contributed by atoms with Crippen molar-refractivity contribution in [3.8, 4) is 5.69 Å². The van der Waals surface area contributed by atoms with Crippen LogP contribution in [0.5, 0.6) is 0 Å². The van der Waals surface area contributed by atoms with E-state index in [4.69, 9.17) is 4.99 Å². The highest BCUT2D eigenvalue weighted by Crippen LogP contribution is 2.20. The second kappa shape index (κ2) is 6.64. The van der Waals surface area contributed by atoms with Crippen LogP contribution in [0.4, 0.5) is 0 Å². The van der Waals surface area contributed by atoms with Crippen molar-refractivity contribution in [1.29, 1.82) is 0 Å². The molecule has 1 aliphatic rings. The Bertz CT molecular complexity index is 702. The molecule has 6 heteroatoms. The molecule has 0 spiro atoms. The summed E-state index contributed by atoms with van der Waals surface area (Å²) in [6.45, 7) is 7.23. The number of aliphatic imine (C=N–C) groups is 1. The summed E-state index contributed by atoms with van der Waals surface area (Å²) < 4.78 is 1.75. The summed E-state index contributed by atoms with van der Waals surface area (Å²) in [4.78, 5) is 11.0. The lowest BCUT2D eigenvalue weighted by Gasteiger charge is -2.29. The second-order valence-corrected chi connectivity index (χ2v) is 5.88. The molecule has 23 heavy (non-hydrogen) atoms. The predicted octanol–water partition coefficient (Wildman–Crippen LogP) is 2.51. The first kappa shape index (κ1) is 15.3. The van der Waals surface area contributed by atoms with Crippen LogP contribution >= 0.6 is 0 Å². The minimum Gasteiger partial charge on any atom is -0.358 e. The molecule has 6 nitrogen and oxygen atoms in total. The maximum absolute atomic E-state index is 4.77. The van der Waals surface area contributed by atoms with E-state index in [9.17, 15) is 0 Å². The largest absolute Gasteiger partial charge is 0.358 e. The standard InChI is InChI=1S/C17H22N6/c1-13(2)22-8-7-17(19-12-22)21-14(3)15-5-4-6-16(9-15)23-11-18-10-20-23/h4-11,13-14H,12H2,1-3H3,(H,19,21)/t14-/m0/s1. The van der Waals surface area contributed by atoms with Crippen LogP contribution in [0.25, 0.3) is 5.69 Å². The molecule has 1 N–H and O–H groups in total. The summed E-state index contributed by atoms with van der Waals surface area (Å²) in [7, 11) is 0. The third-order valence-corrected chi connectivity index (χ3v) is 3.90. The van der Waals surface area contributed by atoms with Crippen LogP contribution in [0.15, 0.2) is 54.2 Å². The highest BCUT2D eigenvalue weighted by Gasteiger charge is 2.12. The van der Waals surface area contributed by atoms with E-state index in [0.717, 1.165) is 23.8 Å². The summed E-state index contributed by atoms with van der Waals surface area (Å²) in [5.41, 5.74) is 2.14. The summed E-state index contributed by atoms with van der Waals surface area (Å²) in [6, 6.07) is 8.76. The molecule has 0 saturated heterocycles. The van der Waals surface area contributed by atoms with E-state index < -0.39 is 0 Å². The molecular formula is C17H22N6. The Hall–Kier alpha value is -2.63. The molecule has 0 bridgehead atoms. The SMILES string of the molecule is CC(C)N1C=CC(=N[C@@H](C)c2cccc(-n3cncn3)c2)NC1. The van der Waals surface area contributed by atoms with Gasteiger partial charge in [-0.05, 0) is 44.5 Å². The van der Waals surface area contributed by atoms with Crippen LogP contribution in [0.2, 0.25) is 0 Å². The normalized spacial score (nSPS) is 17.6. The molecule has 3 rings (SSSR count). The van der Waals surface area contributed by atoms with Crippen LogP contribution in [-0.2, 0) is 0 Å². The first-order valence-electron chi connectivity index (χ1n) is 7.84. The Kier molecular flexibility index (Phi) is 4.41. The van der Waals surface area contributed by atoms with Gasteiger partial charge in [0.25, 0.3) is 0 Å². The molecule has 0 amide bonds. The zero-order valence-electron chi connectivity index (χ0n) is 13.7. The van der Waals surface area contributed by atoms with Crippen LogP contribution in [0, 0.1) is 0 Å². The topological polar surface area (TPSA) is 58.3 Å². The average molecular weight is 310 g/mol. The molecule has 1 aromatic heterocycles. The highest BCUT2D eigenvalue weighted by atomic mass is 15.3. The monoisotopic (exact) mass is 310 g/mol. The van der Waals surface area contributed by atoms with E-state index in [1.807, 2.05) is 18.2 Å². The van der Waals surface area contributed by atoms with Crippen LogP contribution in [0.3, 0.4) is 0 Å². The van der Waals surface area contributed by atoms with E-state index in [1.165, 1.54) is 6.33 Å². The fraction of sp³-hybridized carbons (Fsp3) is 0.353. The molecule has 0 aliphatic carbocycles. The van der Waals surface area contributed by atoms with Gasteiger partial charge in [0.1, 0.15) is 18.5 Å². The number of amidine groups is 1. The molecule has 2 aromatic rings. The summed E-state index contributed by atoms with van der Waals surface area (Å²) >= 11 is 0. The lowest BCUT2D eigenvalue weighted by Crippen LogP contribution is -2.41. The maximum atomic E-state index is 4.77. The van der Waals surface area contributed by atoms with Gasteiger partial charge in [-0.3, -0.25) is 4.99 Å². The van der Waals surface area contributed by atoms with Crippen molar-refractivity contribution in [2.75, 3.05) is 6.67 Å². The molecule has 0 radical (unpaired) electrons. The van der Waals surface area contributed by atoms with Crippen LogP contribution in [-0.4, -0.2) is 38.2 Å². The second-order valence-electron chi connectivity index (χ2n) is 5.88. The number of nitrogens with one attached hydrogen (secondary N) is 1. The van der Waals surface area contributed by atoms with Crippen molar-refractivity contribution in [2.45, 2.75) is 32.9 Å². The first-order valence-corrected chi connectivity index (χ1v) is 7.84. The van der Waals surface area contributed by atoms with Crippen molar-refractivity contribution in [1.82, 2.24) is 25.0 Å². The van der Waals surface area contributed by atoms with Crippen LogP contribution < -0.4 is 5.32 Å². The van der Waals surface area contributed by atoms with Gasteiger partial charge in [0.05, 0.1) is 18.4 Å². The van der Waals surface area contributed by atoms with Gasteiger partial charge in [-0.15, -0.1) is 0 Å². The molecule has 2 heterocycles. The molecule has 0 unspecified atom stereocenters. The number of hydrogen-bond donors (Lipinski definition) is 1. The lowest BCUT2D eigenvalue weighted by molar-refractivity contribution is 0.300.